The van der Waals surface area contributed by atoms with Gasteiger partial charge in [0.05, 0.1) is 17.3 Å². The zero-order chi connectivity index (χ0) is 38.2. The van der Waals surface area contributed by atoms with E-state index in [2.05, 4.69) is 29.5 Å². The van der Waals surface area contributed by atoms with Gasteiger partial charge in [-0.1, -0.05) is 45.4 Å². The minimum absolute atomic E-state index is 0.0294. The Morgan fingerprint density at radius 1 is 1.04 bits per heavy atom. The highest BCUT2D eigenvalue weighted by Gasteiger charge is 2.34. The summed E-state index contributed by atoms with van der Waals surface area (Å²) in [5.74, 6) is 2.11. The number of halogens is 1. The van der Waals surface area contributed by atoms with Crippen molar-refractivity contribution in [2.24, 2.45) is 17.8 Å². The maximum absolute atomic E-state index is 12.8. The summed E-state index contributed by atoms with van der Waals surface area (Å²) < 4.78 is 25.1. The number of amides is 2. The van der Waals surface area contributed by atoms with Crippen LogP contribution in [0.15, 0.2) is 24.3 Å². The number of nitrogens with one attached hydrogen (secondary N) is 2. The Hall–Kier alpha value is -3.31. The predicted octanol–water partition coefficient (Wildman–Crippen LogP) is 8.51. The Balaban J connectivity index is 0.000000270. The molecular formula is C40H65FN4O6. The molecule has 0 radical (unpaired) electrons. The quantitative estimate of drug-likeness (QED) is 0.188. The lowest BCUT2D eigenvalue weighted by Crippen LogP contribution is -2.40. The molecule has 51 heavy (non-hydrogen) atoms. The maximum Gasteiger partial charge on any atom is 0.407 e. The molecule has 1 aromatic carbocycles. The molecular weight excluding hydrogens is 651 g/mol. The molecule has 4 atom stereocenters. The van der Waals surface area contributed by atoms with Crippen molar-refractivity contribution in [3.63, 3.8) is 0 Å². The number of nitrogens with zero attached hydrogens (tertiary/aromatic N) is 2. The summed E-state index contributed by atoms with van der Waals surface area (Å²) >= 11 is 0. The number of aromatic nitrogens is 1. The Bertz CT molecular complexity index is 1370. The largest absolute Gasteiger partial charge is 0.444 e. The predicted molar refractivity (Wildman–Crippen MR) is 203 cm³/mol. The van der Waals surface area contributed by atoms with E-state index in [1.807, 2.05) is 37.5 Å². The number of ether oxygens (including phenoxy) is 2. The first-order chi connectivity index (χ1) is 24.1. The molecule has 2 N–H and O–H groups in total. The lowest BCUT2D eigenvalue weighted by atomic mass is 9.77. The molecule has 1 aliphatic carbocycles. The zero-order valence-corrected chi connectivity index (χ0v) is 32.6. The van der Waals surface area contributed by atoms with Crippen molar-refractivity contribution in [3.8, 4) is 0 Å². The van der Waals surface area contributed by atoms with Gasteiger partial charge in [-0.25, -0.2) is 9.18 Å². The number of hydrogen-bond donors (Lipinski definition) is 2. The van der Waals surface area contributed by atoms with Gasteiger partial charge in [0, 0.05) is 30.1 Å². The van der Waals surface area contributed by atoms with Crippen LogP contribution in [0.3, 0.4) is 0 Å². The lowest BCUT2D eigenvalue weighted by molar-refractivity contribution is -0.111. The van der Waals surface area contributed by atoms with Crippen molar-refractivity contribution in [3.05, 3.63) is 30.0 Å². The fraction of sp³-hybridized carbons (Fsp3) is 0.700. The molecule has 10 nitrogen and oxygen atoms in total. The van der Waals surface area contributed by atoms with Crippen molar-refractivity contribution in [2.75, 3.05) is 32.7 Å². The summed E-state index contributed by atoms with van der Waals surface area (Å²) in [6, 6.07) is 7.54. The number of fused-ring (bicyclic) bond motifs is 1. The van der Waals surface area contributed by atoms with E-state index in [1.165, 1.54) is 45.1 Å². The van der Waals surface area contributed by atoms with Crippen molar-refractivity contribution in [1.29, 1.82) is 0 Å². The molecule has 11 heteroatoms. The molecule has 288 valence electrons. The number of hydrogen-bond acceptors (Lipinski definition) is 7. The zero-order valence-electron chi connectivity index (χ0n) is 32.6. The van der Waals surface area contributed by atoms with E-state index in [0.717, 1.165) is 54.2 Å². The van der Waals surface area contributed by atoms with Crippen molar-refractivity contribution in [2.45, 2.75) is 136 Å². The monoisotopic (exact) mass is 716 g/mol. The van der Waals surface area contributed by atoms with Gasteiger partial charge in [-0.05, 0) is 117 Å². The number of alkyl carbamates (subject to hydrolysis) is 1. The minimum Gasteiger partial charge on any atom is -0.444 e. The van der Waals surface area contributed by atoms with Crippen LogP contribution in [0.25, 0.3) is 10.9 Å². The van der Waals surface area contributed by atoms with Crippen LogP contribution in [0.1, 0.15) is 123 Å². The second-order valence-corrected chi connectivity index (χ2v) is 15.5. The van der Waals surface area contributed by atoms with Gasteiger partial charge < -0.3 is 34.4 Å². The van der Waals surface area contributed by atoms with Crippen LogP contribution in [0.4, 0.5) is 14.9 Å². The van der Waals surface area contributed by atoms with Gasteiger partial charge in [0.25, 0.3) is 0 Å². The van der Waals surface area contributed by atoms with E-state index >= 15 is 0 Å². The van der Waals surface area contributed by atoms with E-state index in [4.69, 9.17) is 9.47 Å². The van der Waals surface area contributed by atoms with E-state index in [0.29, 0.717) is 30.6 Å². The van der Waals surface area contributed by atoms with Gasteiger partial charge in [0.15, 0.2) is 6.29 Å². The summed E-state index contributed by atoms with van der Waals surface area (Å²) in [5, 5.41) is 5.97. The van der Waals surface area contributed by atoms with Crippen LogP contribution >= 0.6 is 0 Å². The summed E-state index contributed by atoms with van der Waals surface area (Å²) in [4.78, 5) is 46.3. The van der Waals surface area contributed by atoms with Gasteiger partial charge in [0.1, 0.15) is 24.3 Å². The Morgan fingerprint density at radius 2 is 1.73 bits per heavy atom. The van der Waals surface area contributed by atoms with Crippen molar-refractivity contribution in [1.82, 2.24) is 14.8 Å². The normalized spacial score (nSPS) is 19.5. The van der Waals surface area contributed by atoms with Gasteiger partial charge in [0.2, 0.25) is 6.41 Å². The second kappa shape index (κ2) is 21.3. The van der Waals surface area contributed by atoms with E-state index in [-0.39, 0.29) is 5.92 Å². The Morgan fingerprint density at radius 3 is 2.24 bits per heavy atom. The Labute approximate surface area is 305 Å². The first-order valence-electron chi connectivity index (χ1n) is 18.7. The molecule has 0 spiro atoms. The lowest BCUT2D eigenvalue weighted by Gasteiger charge is -2.31. The van der Waals surface area contributed by atoms with Gasteiger partial charge in [-0.15, -0.1) is 0 Å². The number of alkyl halides is 1. The molecule has 2 aliphatic rings. The third-order valence-corrected chi connectivity index (χ3v) is 10.4. The van der Waals surface area contributed by atoms with E-state index in [9.17, 15) is 23.6 Å². The van der Waals surface area contributed by atoms with Crippen LogP contribution < -0.4 is 10.6 Å². The molecule has 4 rings (SSSR count). The molecule has 1 saturated carbocycles. The van der Waals surface area contributed by atoms with Crippen LogP contribution in [0.5, 0.6) is 0 Å². The standard InChI is InChI=1S/C14H26FNO3.C14H16N2O3.C12H23N/c1-5-11(10-17)7-6-8-12(9-15)16-13(18)19-14(2,3)4;1-14(2,19-3)16-12(8-17)7-10-6-11(15-9-18)4-5-13(10)16;1-10-12(8-9-13(10)2)11-6-4-3-5-7-11/h10-12H,5-9H2,1-4H3,(H,16,18);4-9H,1-3H3,(H,15,18);10-12H,3-9H2,1-2H3. The maximum atomic E-state index is 12.8. The van der Waals surface area contributed by atoms with E-state index in [1.54, 1.807) is 40.0 Å². The molecule has 1 aliphatic heterocycles. The highest BCUT2D eigenvalue weighted by Crippen LogP contribution is 2.38. The molecule has 2 heterocycles. The molecule has 1 aromatic heterocycles. The summed E-state index contributed by atoms with van der Waals surface area (Å²) in [6.07, 6.45) is 13.5. The fourth-order valence-corrected chi connectivity index (χ4v) is 7.15. The molecule has 2 fully saturated rings. The molecule has 0 bridgehead atoms. The number of carbonyl (C=O) groups is 4. The number of carbonyl (C=O) groups excluding carboxylic acids is 4. The van der Waals surface area contributed by atoms with Gasteiger partial charge in [-0.3, -0.25) is 9.59 Å². The number of methoxy groups -OCH3 is 1. The van der Waals surface area contributed by atoms with Crippen molar-refractivity contribution < 1.29 is 33.0 Å². The molecule has 2 amide bonds. The SMILES string of the molecule is CC1C(C2CCCCC2)CCN1C.CCC(C=O)CCCC(CF)NC(=O)OC(C)(C)C.COC(C)(C)n1c(C=O)cc2cc(NC=O)ccc21. The Kier molecular flexibility index (Phi) is 18.3. The third-order valence-electron chi connectivity index (χ3n) is 10.4. The first kappa shape index (κ1) is 43.9. The summed E-state index contributed by atoms with van der Waals surface area (Å²) in [6.45, 7) is 14.1. The third kappa shape index (κ3) is 14.0. The van der Waals surface area contributed by atoms with Crippen LogP contribution in [-0.4, -0.2) is 79.6 Å². The number of likely N-dealkylation sites (tertiary alicyclic amines) is 1. The van der Waals surface area contributed by atoms with Crippen LogP contribution in [-0.2, 0) is 24.8 Å². The minimum atomic E-state index is -0.628. The topological polar surface area (TPSA) is 119 Å². The summed E-state index contributed by atoms with van der Waals surface area (Å²) in [7, 11) is 3.89. The first-order valence-corrected chi connectivity index (χ1v) is 18.7. The van der Waals surface area contributed by atoms with Crippen LogP contribution in [0, 0.1) is 17.8 Å². The number of rotatable bonds is 14. The second-order valence-electron chi connectivity index (χ2n) is 15.5. The smallest absolute Gasteiger partial charge is 0.407 e. The van der Waals surface area contributed by atoms with Gasteiger partial charge in [-0.2, -0.15) is 0 Å². The highest BCUT2D eigenvalue weighted by atomic mass is 19.1. The van der Waals surface area contributed by atoms with Crippen molar-refractivity contribution >= 4 is 41.7 Å². The number of benzene rings is 1. The molecule has 4 unspecified atom stereocenters. The molecule has 1 saturated heterocycles. The van der Waals surface area contributed by atoms with Crippen LogP contribution in [0.2, 0.25) is 0 Å². The summed E-state index contributed by atoms with van der Waals surface area (Å²) in [5.41, 5.74) is 0.885. The average molecular weight is 717 g/mol. The average Bonchev–Trinajstić information content (AvgIpc) is 3.65. The van der Waals surface area contributed by atoms with E-state index < -0.39 is 30.1 Å². The fourth-order valence-electron chi connectivity index (χ4n) is 7.15. The number of aldehydes is 2. The van der Waals surface area contributed by atoms with Gasteiger partial charge >= 0.3 is 6.09 Å². The highest BCUT2D eigenvalue weighted by molar-refractivity contribution is 5.92. The number of anilines is 1. The molecule has 2 aromatic rings.